The molecule has 0 atom stereocenters. The van der Waals surface area contributed by atoms with E-state index in [-0.39, 0.29) is 5.28 Å². The number of aromatic nitrogens is 5. The van der Waals surface area contributed by atoms with E-state index in [4.69, 9.17) is 17.3 Å². The SMILES string of the molecule is CCc1nc(CC)n(-c2nc(Cl)nc(C)c2N)n1. The van der Waals surface area contributed by atoms with E-state index in [2.05, 4.69) is 20.1 Å². The molecule has 0 unspecified atom stereocenters. The highest BCUT2D eigenvalue weighted by molar-refractivity contribution is 6.28. The standard InChI is InChI=1S/C11H15ClN6/c1-4-7-15-8(5-2)18(17-7)10-9(13)6(3)14-11(12)16-10/h4-5,13H2,1-3H3. The molecule has 0 fully saturated rings. The second kappa shape index (κ2) is 4.89. The number of rotatable bonds is 3. The molecule has 0 radical (unpaired) electrons. The first-order valence-electron chi connectivity index (χ1n) is 5.81. The molecular weight excluding hydrogens is 252 g/mol. The van der Waals surface area contributed by atoms with E-state index in [1.54, 1.807) is 11.6 Å². The Morgan fingerprint density at radius 1 is 1.17 bits per heavy atom. The van der Waals surface area contributed by atoms with Gasteiger partial charge in [0.1, 0.15) is 5.82 Å². The zero-order chi connectivity index (χ0) is 13.3. The molecule has 96 valence electrons. The lowest BCUT2D eigenvalue weighted by atomic mass is 10.3. The largest absolute Gasteiger partial charge is 0.394 e. The van der Waals surface area contributed by atoms with Crippen LogP contribution >= 0.6 is 11.6 Å². The summed E-state index contributed by atoms with van der Waals surface area (Å²) in [6.07, 6.45) is 1.50. The van der Waals surface area contributed by atoms with E-state index in [0.29, 0.717) is 17.2 Å². The Morgan fingerprint density at radius 2 is 1.89 bits per heavy atom. The minimum atomic E-state index is 0.160. The first-order valence-corrected chi connectivity index (χ1v) is 6.19. The van der Waals surface area contributed by atoms with Gasteiger partial charge in [-0.2, -0.15) is 9.67 Å². The second-order valence-corrected chi connectivity index (χ2v) is 4.22. The summed E-state index contributed by atoms with van der Waals surface area (Å²) in [6.45, 7) is 5.79. The fraction of sp³-hybridized carbons (Fsp3) is 0.455. The maximum absolute atomic E-state index is 5.99. The lowest BCUT2D eigenvalue weighted by molar-refractivity contribution is 0.766. The first-order chi connectivity index (χ1) is 8.56. The summed E-state index contributed by atoms with van der Waals surface area (Å²) in [6, 6.07) is 0. The van der Waals surface area contributed by atoms with Crippen molar-refractivity contribution in [1.82, 2.24) is 24.7 Å². The van der Waals surface area contributed by atoms with Crippen molar-refractivity contribution >= 4 is 17.3 Å². The first kappa shape index (κ1) is 12.8. The van der Waals surface area contributed by atoms with Crippen LogP contribution in [-0.2, 0) is 12.8 Å². The number of aryl methyl sites for hydroxylation is 3. The summed E-state index contributed by atoms with van der Waals surface area (Å²) < 4.78 is 1.65. The van der Waals surface area contributed by atoms with Crippen LogP contribution < -0.4 is 5.73 Å². The van der Waals surface area contributed by atoms with Crippen LogP contribution in [0.15, 0.2) is 0 Å². The number of nitrogens with two attached hydrogens (primary N) is 1. The molecule has 18 heavy (non-hydrogen) atoms. The third-order valence-electron chi connectivity index (χ3n) is 2.64. The summed E-state index contributed by atoms with van der Waals surface area (Å²) in [4.78, 5) is 12.6. The normalized spacial score (nSPS) is 10.9. The van der Waals surface area contributed by atoms with Gasteiger partial charge in [-0.1, -0.05) is 13.8 Å². The van der Waals surface area contributed by atoms with Gasteiger partial charge in [0.2, 0.25) is 5.28 Å². The van der Waals surface area contributed by atoms with Crippen LogP contribution in [0.25, 0.3) is 5.82 Å². The molecule has 2 heterocycles. The smallest absolute Gasteiger partial charge is 0.224 e. The highest BCUT2D eigenvalue weighted by atomic mass is 35.5. The molecule has 0 aliphatic heterocycles. The van der Waals surface area contributed by atoms with E-state index in [0.717, 1.165) is 24.5 Å². The van der Waals surface area contributed by atoms with Crippen molar-refractivity contribution in [3.05, 3.63) is 22.6 Å². The van der Waals surface area contributed by atoms with Crippen LogP contribution in [0.5, 0.6) is 0 Å². The number of nitrogen functional groups attached to an aromatic ring is 1. The van der Waals surface area contributed by atoms with Gasteiger partial charge in [-0.15, -0.1) is 5.10 Å². The zero-order valence-electron chi connectivity index (χ0n) is 10.6. The average Bonchev–Trinajstić information content (AvgIpc) is 2.76. The predicted octanol–water partition coefficient (Wildman–Crippen LogP) is 1.73. The van der Waals surface area contributed by atoms with Crippen LogP contribution in [0, 0.1) is 6.92 Å². The Balaban J connectivity index is 2.64. The molecule has 0 saturated carbocycles. The number of hydrogen-bond acceptors (Lipinski definition) is 5. The molecule has 6 nitrogen and oxygen atoms in total. The Hall–Kier alpha value is -1.69. The molecule has 0 spiro atoms. The van der Waals surface area contributed by atoms with E-state index < -0.39 is 0 Å². The number of hydrogen-bond donors (Lipinski definition) is 1. The third kappa shape index (κ3) is 2.15. The molecule has 0 saturated heterocycles. The molecule has 0 aromatic carbocycles. The molecule has 7 heteroatoms. The molecule has 2 N–H and O–H groups in total. The quantitative estimate of drug-likeness (QED) is 0.856. The number of halogens is 1. The van der Waals surface area contributed by atoms with Gasteiger partial charge in [0, 0.05) is 12.8 Å². The molecule has 2 rings (SSSR count). The summed E-state index contributed by atoms with van der Waals surface area (Å²) in [7, 11) is 0. The van der Waals surface area contributed by atoms with Crippen molar-refractivity contribution in [1.29, 1.82) is 0 Å². The summed E-state index contributed by atoms with van der Waals surface area (Å²) >= 11 is 5.87. The van der Waals surface area contributed by atoms with Gasteiger partial charge in [-0.05, 0) is 18.5 Å². The van der Waals surface area contributed by atoms with Gasteiger partial charge >= 0.3 is 0 Å². The zero-order valence-corrected chi connectivity index (χ0v) is 11.4. The van der Waals surface area contributed by atoms with Gasteiger partial charge < -0.3 is 5.73 Å². The number of nitrogens with zero attached hydrogens (tertiary/aromatic N) is 5. The maximum atomic E-state index is 5.99. The molecule has 0 aliphatic carbocycles. The van der Waals surface area contributed by atoms with Crippen molar-refractivity contribution in [3.8, 4) is 5.82 Å². The summed E-state index contributed by atoms with van der Waals surface area (Å²) in [5.74, 6) is 2.07. The summed E-state index contributed by atoms with van der Waals surface area (Å²) in [5.41, 5.74) is 7.10. The molecule has 0 amide bonds. The molecule has 2 aromatic heterocycles. The van der Waals surface area contributed by atoms with Crippen molar-refractivity contribution < 1.29 is 0 Å². The van der Waals surface area contributed by atoms with Crippen LogP contribution in [0.1, 0.15) is 31.2 Å². The molecule has 2 aromatic rings. The minimum absolute atomic E-state index is 0.160. The van der Waals surface area contributed by atoms with Crippen molar-refractivity contribution in [2.45, 2.75) is 33.6 Å². The second-order valence-electron chi connectivity index (χ2n) is 3.88. The maximum Gasteiger partial charge on any atom is 0.224 e. The van der Waals surface area contributed by atoms with Crippen molar-refractivity contribution in [2.24, 2.45) is 0 Å². The fourth-order valence-electron chi connectivity index (χ4n) is 1.63. The molecular formula is C11H15ClN6. The van der Waals surface area contributed by atoms with Gasteiger partial charge in [0.05, 0.1) is 11.4 Å². The predicted molar refractivity (Wildman–Crippen MR) is 69.9 cm³/mol. The average molecular weight is 267 g/mol. The van der Waals surface area contributed by atoms with E-state index in [1.165, 1.54) is 0 Å². The lowest BCUT2D eigenvalue weighted by Crippen LogP contribution is -2.10. The number of anilines is 1. The van der Waals surface area contributed by atoms with Gasteiger partial charge in [0.25, 0.3) is 0 Å². The van der Waals surface area contributed by atoms with Crippen LogP contribution in [0.2, 0.25) is 5.28 Å². The fourth-order valence-corrected chi connectivity index (χ4v) is 1.84. The lowest BCUT2D eigenvalue weighted by Gasteiger charge is -2.08. The van der Waals surface area contributed by atoms with Gasteiger partial charge in [-0.25, -0.2) is 9.97 Å². The molecule has 0 aliphatic rings. The van der Waals surface area contributed by atoms with Crippen molar-refractivity contribution in [3.63, 3.8) is 0 Å². The highest BCUT2D eigenvalue weighted by Crippen LogP contribution is 2.20. The van der Waals surface area contributed by atoms with Crippen LogP contribution in [0.4, 0.5) is 5.69 Å². The topological polar surface area (TPSA) is 82.5 Å². The summed E-state index contributed by atoms with van der Waals surface area (Å²) in [5, 5.41) is 4.55. The third-order valence-corrected chi connectivity index (χ3v) is 2.81. The van der Waals surface area contributed by atoms with E-state index >= 15 is 0 Å². The Kier molecular flexibility index (Phi) is 3.47. The van der Waals surface area contributed by atoms with Gasteiger partial charge in [0.15, 0.2) is 11.6 Å². The van der Waals surface area contributed by atoms with Crippen molar-refractivity contribution in [2.75, 3.05) is 5.73 Å². The monoisotopic (exact) mass is 266 g/mol. The van der Waals surface area contributed by atoms with Gasteiger partial charge in [-0.3, -0.25) is 0 Å². The molecule has 0 bridgehead atoms. The Bertz CT molecular complexity index is 577. The Morgan fingerprint density at radius 3 is 2.50 bits per heavy atom. The van der Waals surface area contributed by atoms with E-state index in [9.17, 15) is 0 Å². The minimum Gasteiger partial charge on any atom is -0.394 e. The van der Waals surface area contributed by atoms with Crippen LogP contribution in [0.3, 0.4) is 0 Å². The van der Waals surface area contributed by atoms with E-state index in [1.807, 2.05) is 13.8 Å². The van der Waals surface area contributed by atoms with Crippen LogP contribution in [-0.4, -0.2) is 24.7 Å². The Labute approximate surface area is 110 Å². The highest BCUT2D eigenvalue weighted by Gasteiger charge is 2.15.